The number of aromatic nitrogens is 2. The molecule has 5 nitrogen and oxygen atoms in total. The van der Waals surface area contributed by atoms with Crippen LogP contribution in [0.1, 0.15) is 70.3 Å². The van der Waals surface area contributed by atoms with Crippen LogP contribution in [-0.4, -0.2) is 40.2 Å². The Morgan fingerprint density at radius 2 is 1.65 bits per heavy atom. The fourth-order valence-electron chi connectivity index (χ4n) is 6.31. The normalized spacial score (nSPS) is 15.3. The van der Waals surface area contributed by atoms with E-state index in [-0.39, 0.29) is 0 Å². The summed E-state index contributed by atoms with van der Waals surface area (Å²) in [6.45, 7) is 14.1. The third-order valence-corrected chi connectivity index (χ3v) is 8.28. The Kier molecular flexibility index (Phi) is 8.63. The molecule has 0 bridgehead atoms. The molecule has 0 radical (unpaired) electrons. The zero-order valence-corrected chi connectivity index (χ0v) is 24.5. The van der Waals surface area contributed by atoms with E-state index < -0.39 is 0 Å². The summed E-state index contributed by atoms with van der Waals surface area (Å²) in [6, 6.07) is 21.3. The number of hydrogen-bond donors (Lipinski definition) is 0. The molecular weight excluding hydrogens is 494 g/mol. The van der Waals surface area contributed by atoms with E-state index in [2.05, 4.69) is 80.6 Å². The molecule has 208 valence electrons. The molecule has 0 unspecified atom stereocenters. The van der Waals surface area contributed by atoms with Crippen molar-refractivity contribution in [3.63, 3.8) is 0 Å². The fraction of sp³-hybridized carbons (Fsp3) is 0.371. The van der Waals surface area contributed by atoms with Crippen LogP contribution in [-0.2, 0) is 37.1 Å². The van der Waals surface area contributed by atoms with E-state index in [1.54, 1.807) is 0 Å². The second-order valence-corrected chi connectivity index (χ2v) is 10.8. The molecule has 1 aliphatic rings. The van der Waals surface area contributed by atoms with Crippen molar-refractivity contribution in [1.82, 2.24) is 14.7 Å². The number of aryl methyl sites for hydroxylation is 3. The van der Waals surface area contributed by atoms with Crippen molar-refractivity contribution in [2.75, 3.05) is 13.2 Å². The number of carbonyl (C=O) groups is 1. The Labute approximate surface area is 238 Å². The van der Waals surface area contributed by atoms with Gasteiger partial charge in [0.1, 0.15) is 0 Å². The van der Waals surface area contributed by atoms with Gasteiger partial charge in [-0.15, -0.1) is 0 Å². The Morgan fingerprint density at radius 1 is 0.950 bits per heavy atom. The molecule has 40 heavy (non-hydrogen) atoms. The van der Waals surface area contributed by atoms with Crippen LogP contribution >= 0.6 is 0 Å². The summed E-state index contributed by atoms with van der Waals surface area (Å²) in [5, 5.41) is 5.23. The quantitative estimate of drug-likeness (QED) is 0.204. The van der Waals surface area contributed by atoms with E-state index in [0.29, 0.717) is 11.6 Å². The standard InChI is InChI=1S/C35H41N3O2/c1-6-33-32(21-37-20-27-14-10-9-13-26(27)19-30(37)23-40-8-3)34(7-2)38(36-33)35-24(4)17-29(18-25(35)5)31-16-12-11-15-28(31)22-39/h9-18,22,30H,6-8,19-21,23H2,1-5H3/t30-/m1/s1. The first-order valence-corrected chi connectivity index (χ1v) is 14.6. The van der Waals surface area contributed by atoms with Gasteiger partial charge in [0.15, 0.2) is 6.29 Å². The lowest BCUT2D eigenvalue weighted by atomic mass is 9.93. The molecule has 1 atom stereocenters. The van der Waals surface area contributed by atoms with Gasteiger partial charge in [0, 0.05) is 42.6 Å². The van der Waals surface area contributed by atoms with E-state index in [4.69, 9.17) is 9.84 Å². The summed E-state index contributed by atoms with van der Waals surface area (Å²) in [5.74, 6) is 0. The molecule has 2 heterocycles. The highest BCUT2D eigenvalue weighted by atomic mass is 16.5. The van der Waals surface area contributed by atoms with Gasteiger partial charge in [-0.25, -0.2) is 4.68 Å². The molecule has 0 aliphatic carbocycles. The molecule has 5 rings (SSSR count). The van der Waals surface area contributed by atoms with Crippen LogP contribution in [0.5, 0.6) is 0 Å². The monoisotopic (exact) mass is 535 g/mol. The van der Waals surface area contributed by atoms with Gasteiger partial charge in [0.05, 0.1) is 18.0 Å². The van der Waals surface area contributed by atoms with Gasteiger partial charge >= 0.3 is 0 Å². The van der Waals surface area contributed by atoms with Crippen LogP contribution < -0.4 is 0 Å². The highest BCUT2D eigenvalue weighted by Crippen LogP contribution is 2.33. The van der Waals surface area contributed by atoms with E-state index in [1.807, 2.05) is 24.3 Å². The van der Waals surface area contributed by atoms with Crippen LogP contribution in [0.2, 0.25) is 0 Å². The van der Waals surface area contributed by atoms with Crippen molar-refractivity contribution in [1.29, 1.82) is 0 Å². The highest BCUT2D eigenvalue weighted by Gasteiger charge is 2.29. The van der Waals surface area contributed by atoms with Gasteiger partial charge in [-0.2, -0.15) is 5.10 Å². The Balaban J connectivity index is 1.54. The average Bonchev–Trinajstić information content (AvgIpc) is 3.32. The third-order valence-electron chi connectivity index (χ3n) is 8.28. The number of benzene rings is 3. The fourth-order valence-corrected chi connectivity index (χ4v) is 6.31. The molecule has 0 saturated heterocycles. The van der Waals surface area contributed by atoms with E-state index >= 15 is 0 Å². The van der Waals surface area contributed by atoms with E-state index in [9.17, 15) is 4.79 Å². The molecular formula is C35H41N3O2. The van der Waals surface area contributed by atoms with Crippen LogP contribution in [0.15, 0.2) is 60.7 Å². The van der Waals surface area contributed by atoms with Gasteiger partial charge in [0.2, 0.25) is 0 Å². The number of rotatable bonds is 10. The molecule has 4 aromatic rings. The van der Waals surface area contributed by atoms with Crippen molar-refractivity contribution < 1.29 is 9.53 Å². The number of nitrogens with zero attached hydrogens (tertiary/aromatic N) is 3. The van der Waals surface area contributed by atoms with Crippen molar-refractivity contribution >= 4 is 6.29 Å². The lowest BCUT2D eigenvalue weighted by Crippen LogP contribution is -2.43. The maximum atomic E-state index is 11.7. The Morgan fingerprint density at radius 3 is 2.33 bits per heavy atom. The summed E-state index contributed by atoms with van der Waals surface area (Å²) in [4.78, 5) is 14.3. The minimum atomic E-state index is 0.341. The average molecular weight is 536 g/mol. The van der Waals surface area contributed by atoms with Crippen LogP contribution in [0.4, 0.5) is 0 Å². The van der Waals surface area contributed by atoms with E-state index in [0.717, 1.165) is 79.8 Å². The maximum absolute atomic E-state index is 11.7. The lowest BCUT2D eigenvalue weighted by Gasteiger charge is -2.37. The minimum absolute atomic E-state index is 0.341. The second-order valence-electron chi connectivity index (χ2n) is 10.8. The summed E-state index contributed by atoms with van der Waals surface area (Å²) >= 11 is 0. The Hall–Kier alpha value is -3.54. The summed E-state index contributed by atoms with van der Waals surface area (Å²) in [7, 11) is 0. The molecule has 0 saturated carbocycles. The summed E-state index contributed by atoms with van der Waals surface area (Å²) in [6.07, 6.45) is 3.74. The topological polar surface area (TPSA) is 47.4 Å². The summed E-state index contributed by atoms with van der Waals surface area (Å²) in [5.41, 5.74) is 12.8. The van der Waals surface area contributed by atoms with Gasteiger partial charge in [0.25, 0.3) is 0 Å². The van der Waals surface area contributed by atoms with Crippen LogP contribution in [0.25, 0.3) is 16.8 Å². The molecule has 0 N–H and O–H groups in total. The smallest absolute Gasteiger partial charge is 0.150 e. The van der Waals surface area contributed by atoms with Crippen LogP contribution in [0, 0.1) is 13.8 Å². The molecule has 0 fully saturated rings. The van der Waals surface area contributed by atoms with Gasteiger partial charge < -0.3 is 4.74 Å². The van der Waals surface area contributed by atoms with Gasteiger partial charge in [-0.1, -0.05) is 62.4 Å². The Bertz CT molecular complexity index is 1480. The largest absolute Gasteiger partial charge is 0.380 e. The number of ether oxygens (including phenoxy) is 1. The molecule has 0 amide bonds. The number of fused-ring (bicyclic) bond motifs is 1. The zero-order valence-electron chi connectivity index (χ0n) is 24.5. The van der Waals surface area contributed by atoms with Gasteiger partial charge in [-0.3, -0.25) is 9.69 Å². The highest BCUT2D eigenvalue weighted by molar-refractivity contribution is 5.88. The lowest BCUT2D eigenvalue weighted by molar-refractivity contribution is 0.0511. The number of hydrogen-bond acceptors (Lipinski definition) is 4. The molecule has 1 aromatic heterocycles. The third kappa shape index (κ3) is 5.41. The van der Waals surface area contributed by atoms with E-state index in [1.165, 1.54) is 28.1 Å². The number of carbonyl (C=O) groups excluding carboxylic acids is 1. The predicted octanol–water partition coefficient (Wildman–Crippen LogP) is 7.06. The first-order valence-electron chi connectivity index (χ1n) is 14.6. The zero-order chi connectivity index (χ0) is 28.2. The van der Waals surface area contributed by atoms with Crippen molar-refractivity contribution in [2.45, 2.75) is 73.0 Å². The first kappa shape index (κ1) is 28.0. The molecule has 3 aromatic carbocycles. The van der Waals surface area contributed by atoms with Crippen molar-refractivity contribution in [3.05, 3.63) is 105 Å². The molecule has 1 aliphatic heterocycles. The predicted molar refractivity (Wildman–Crippen MR) is 162 cm³/mol. The second kappa shape index (κ2) is 12.3. The first-order chi connectivity index (χ1) is 19.5. The van der Waals surface area contributed by atoms with Crippen LogP contribution in [0.3, 0.4) is 0 Å². The minimum Gasteiger partial charge on any atom is -0.380 e. The van der Waals surface area contributed by atoms with Gasteiger partial charge in [-0.05, 0) is 85.5 Å². The SMILES string of the molecule is CCOC[C@H]1Cc2ccccc2CN1Cc1c(CC)nn(-c2c(C)cc(-c3ccccc3C=O)cc2C)c1CC. The summed E-state index contributed by atoms with van der Waals surface area (Å²) < 4.78 is 8.15. The molecule has 0 spiro atoms. The number of aldehydes is 1. The van der Waals surface area contributed by atoms with Crippen molar-refractivity contribution in [2.24, 2.45) is 0 Å². The van der Waals surface area contributed by atoms with Crippen molar-refractivity contribution in [3.8, 4) is 16.8 Å². The maximum Gasteiger partial charge on any atom is 0.150 e. The molecule has 5 heteroatoms.